The number of methoxy groups -OCH3 is 1. The van der Waals surface area contributed by atoms with Gasteiger partial charge in [-0.1, -0.05) is 0 Å². The van der Waals surface area contributed by atoms with Gasteiger partial charge in [0, 0.05) is 11.3 Å². The monoisotopic (exact) mass is 453 g/mol. The highest BCUT2D eigenvalue weighted by Gasteiger charge is 2.21. The second kappa shape index (κ2) is 9.31. The minimum absolute atomic E-state index is 0.0283. The van der Waals surface area contributed by atoms with Crippen molar-refractivity contribution in [2.75, 3.05) is 24.8 Å². The SMILES string of the molecule is CNS(=O)(=O)c1cc(C(=O)Nc2ccc(F)c(NC(=O)OC(C)(C)C)c2)ccc1OC. The van der Waals surface area contributed by atoms with E-state index in [4.69, 9.17) is 9.47 Å². The molecule has 0 aliphatic heterocycles. The second-order valence-corrected chi connectivity index (χ2v) is 9.20. The van der Waals surface area contributed by atoms with Crippen molar-refractivity contribution in [1.29, 1.82) is 0 Å². The Morgan fingerprint density at radius 2 is 1.71 bits per heavy atom. The fourth-order valence-electron chi connectivity index (χ4n) is 2.45. The van der Waals surface area contributed by atoms with Gasteiger partial charge in [-0.05, 0) is 64.2 Å². The molecule has 2 aromatic rings. The van der Waals surface area contributed by atoms with Crippen LogP contribution in [0.5, 0.6) is 5.75 Å². The normalized spacial score (nSPS) is 11.5. The van der Waals surface area contributed by atoms with E-state index in [1.165, 1.54) is 38.4 Å². The first-order chi connectivity index (χ1) is 14.4. The molecule has 31 heavy (non-hydrogen) atoms. The predicted octanol–water partition coefficient (Wildman–Crippen LogP) is 3.34. The lowest BCUT2D eigenvalue weighted by molar-refractivity contribution is 0.0635. The van der Waals surface area contributed by atoms with Crippen LogP contribution in [0, 0.1) is 5.82 Å². The van der Waals surface area contributed by atoms with E-state index in [9.17, 15) is 22.4 Å². The predicted molar refractivity (Wildman–Crippen MR) is 113 cm³/mol. The highest BCUT2D eigenvalue weighted by Crippen LogP contribution is 2.26. The molecule has 2 amide bonds. The topological polar surface area (TPSA) is 123 Å². The lowest BCUT2D eigenvalue weighted by Gasteiger charge is -2.20. The lowest BCUT2D eigenvalue weighted by Crippen LogP contribution is -2.27. The number of carbonyl (C=O) groups excluding carboxylic acids is 2. The van der Waals surface area contributed by atoms with Crippen LogP contribution >= 0.6 is 0 Å². The van der Waals surface area contributed by atoms with Crippen molar-refractivity contribution in [2.24, 2.45) is 0 Å². The molecule has 9 nitrogen and oxygen atoms in total. The van der Waals surface area contributed by atoms with Gasteiger partial charge in [-0.15, -0.1) is 0 Å². The molecule has 2 aromatic carbocycles. The van der Waals surface area contributed by atoms with E-state index in [1.54, 1.807) is 20.8 Å². The quantitative estimate of drug-likeness (QED) is 0.617. The first-order valence-corrected chi connectivity index (χ1v) is 10.6. The van der Waals surface area contributed by atoms with Gasteiger partial charge in [-0.25, -0.2) is 22.3 Å². The van der Waals surface area contributed by atoms with Crippen LogP contribution in [0.2, 0.25) is 0 Å². The summed E-state index contributed by atoms with van der Waals surface area (Å²) in [5.41, 5.74) is -0.765. The molecule has 168 valence electrons. The molecule has 3 N–H and O–H groups in total. The van der Waals surface area contributed by atoms with E-state index in [1.807, 2.05) is 0 Å². The first-order valence-electron chi connectivity index (χ1n) is 9.09. The minimum Gasteiger partial charge on any atom is -0.495 e. The molecule has 11 heteroatoms. The van der Waals surface area contributed by atoms with Crippen molar-refractivity contribution in [3.05, 3.63) is 47.8 Å². The van der Waals surface area contributed by atoms with E-state index in [2.05, 4.69) is 15.4 Å². The molecule has 0 aliphatic carbocycles. The van der Waals surface area contributed by atoms with Crippen LogP contribution in [0.4, 0.5) is 20.6 Å². The summed E-state index contributed by atoms with van der Waals surface area (Å²) in [4.78, 5) is 24.3. The van der Waals surface area contributed by atoms with Crippen LogP contribution in [0.15, 0.2) is 41.3 Å². The molecule has 0 unspecified atom stereocenters. The van der Waals surface area contributed by atoms with Gasteiger partial charge in [0.05, 0.1) is 12.8 Å². The lowest BCUT2D eigenvalue weighted by atomic mass is 10.2. The van der Waals surface area contributed by atoms with Crippen LogP contribution in [-0.4, -0.2) is 40.2 Å². The highest BCUT2D eigenvalue weighted by atomic mass is 32.2. The maximum Gasteiger partial charge on any atom is 0.412 e. The summed E-state index contributed by atoms with van der Waals surface area (Å²) < 4.78 is 50.7. The average Bonchev–Trinajstić information content (AvgIpc) is 2.68. The third-order valence-electron chi connectivity index (χ3n) is 3.84. The number of hydrogen-bond donors (Lipinski definition) is 3. The summed E-state index contributed by atoms with van der Waals surface area (Å²) >= 11 is 0. The number of anilines is 2. The van der Waals surface area contributed by atoms with Crippen molar-refractivity contribution >= 4 is 33.4 Å². The van der Waals surface area contributed by atoms with Gasteiger partial charge in [-0.2, -0.15) is 0 Å². The Labute approximate surface area is 180 Å². The zero-order valence-electron chi connectivity index (χ0n) is 17.7. The zero-order chi connectivity index (χ0) is 23.4. The number of amides is 2. The largest absolute Gasteiger partial charge is 0.495 e. The third-order valence-corrected chi connectivity index (χ3v) is 5.28. The van der Waals surface area contributed by atoms with Gasteiger partial charge in [0.15, 0.2) is 0 Å². The summed E-state index contributed by atoms with van der Waals surface area (Å²) in [5.74, 6) is -1.31. The maximum absolute atomic E-state index is 14.1. The Balaban J connectivity index is 2.26. The highest BCUT2D eigenvalue weighted by molar-refractivity contribution is 7.89. The Kier molecular flexibility index (Phi) is 7.24. The Morgan fingerprint density at radius 1 is 1.03 bits per heavy atom. The fraction of sp³-hybridized carbons (Fsp3) is 0.300. The Hall–Kier alpha value is -3.18. The van der Waals surface area contributed by atoms with Crippen LogP contribution in [0.25, 0.3) is 0 Å². The molecular formula is C20H24FN3O6S. The zero-order valence-corrected chi connectivity index (χ0v) is 18.5. The van der Waals surface area contributed by atoms with Crippen molar-refractivity contribution < 1.29 is 31.9 Å². The Bertz CT molecular complexity index is 1100. The summed E-state index contributed by atoms with van der Waals surface area (Å²) in [6, 6.07) is 7.45. The number of hydrogen-bond acceptors (Lipinski definition) is 6. The summed E-state index contributed by atoms with van der Waals surface area (Å²) in [6.45, 7) is 4.99. The molecule has 0 bridgehead atoms. The smallest absolute Gasteiger partial charge is 0.412 e. The average molecular weight is 453 g/mol. The van der Waals surface area contributed by atoms with E-state index < -0.39 is 33.4 Å². The fourth-order valence-corrected chi connectivity index (χ4v) is 3.37. The molecule has 2 rings (SSSR count). The van der Waals surface area contributed by atoms with Crippen LogP contribution < -0.4 is 20.1 Å². The Morgan fingerprint density at radius 3 is 2.29 bits per heavy atom. The van der Waals surface area contributed by atoms with E-state index in [0.29, 0.717) is 0 Å². The van der Waals surface area contributed by atoms with Crippen LogP contribution in [0.3, 0.4) is 0 Å². The summed E-state index contributed by atoms with van der Waals surface area (Å²) in [5, 5.41) is 4.81. The standard InChI is InChI=1S/C20H24FN3O6S/c1-20(2,3)30-19(26)24-15-11-13(7-8-14(15)21)23-18(25)12-6-9-16(29-5)17(10-12)31(27,28)22-4/h6-11,22H,1-5H3,(H,23,25)(H,24,26). The molecular weight excluding hydrogens is 429 g/mol. The number of rotatable bonds is 6. The van der Waals surface area contributed by atoms with Gasteiger partial charge in [0.1, 0.15) is 22.1 Å². The van der Waals surface area contributed by atoms with Gasteiger partial charge < -0.3 is 14.8 Å². The number of carbonyl (C=O) groups is 2. The summed E-state index contributed by atoms with van der Waals surface area (Å²) in [7, 11) is -1.33. The molecule has 0 fully saturated rings. The molecule has 0 saturated carbocycles. The number of benzene rings is 2. The molecule has 0 saturated heterocycles. The van der Waals surface area contributed by atoms with Crippen LogP contribution in [0.1, 0.15) is 31.1 Å². The number of ether oxygens (including phenoxy) is 2. The van der Waals surface area contributed by atoms with E-state index in [0.717, 1.165) is 12.1 Å². The van der Waals surface area contributed by atoms with Crippen molar-refractivity contribution in [2.45, 2.75) is 31.3 Å². The molecule has 0 aliphatic rings. The molecule has 0 aromatic heterocycles. The van der Waals surface area contributed by atoms with E-state index in [-0.39, 0.29) is 27.6 Å². The minimum atomic E-state index is -3.88. The van der Waals surface area contributed by atoms with Gasteiger partial charge in [0.25, 0.3) is 5.91 Å². The molecule has 0 spiro atoms. The molecule has 0 heterocycles. The first kappa shape index (κ1) is 24.1. The maximum atomic E-state index is 14.1. The number of halogens is 1. The molecule has 0 atom stereocenters. The van der Waals surface area contributed by atoms with Gasteiger partial charge in [-0.3, -0.25) is 10.1 Å². The summed E-state index contributed by atoms with van der Waals surface area (Å²) in [6.07, 6.45) is -0.855. The third kappa shape index (κ3) is 6.40. The second-order valence-electron chi connectivity index (χ2n) is 7.35. The number of sulfonamides is 1. The number of nitrogens with one attached hydrogen (secondary N) is 3. The van der Waals surface area contributed by atoms with Gasteiger partial charge >= 0.3 is 6.09 Å². The van der Waals surface area contributed by atoms with Crippen molar-refractivity contribution in [3.63, 3.8) is 0 Å². The van der Waals surface area contributed by atoms with E-state index >= 15 is 0 Å². The molecule has 0 radical (unpaired) electrons. The van der Waals surface area contributed by atoms with Crippen LogP contribution in [-0.2, 0) is 14.8 Å². The van der Waals surface area contributed by atoms with Gasteiger partial charge in [0.2, 0.25) is 10.0 Å². The van der Waals surface area contributed by atoms with Crippen molar-refractivity contribution in [3.8, 4) is 5.75 Å². The van der Waals surface area contributed by atoms with Crippen molar-refractivity contribution in [1.82, 2.24) is 4.72 Å².